The molecule has 5 aliphatic carbocycles. The van der Waals surface area contributed by atoms with Crippen LogP contribution in [0.1, 0.15) is 45.4 Å². The molecular weight excluding hydrogens is 402 g/mol. The van der Waals surface area contributed by atoms with Crippen molar-refractivity contribution in [2.75, 3.05) is 0 Å². The van der Waals surface area contributed by atoms with E-state index in [9.17, 15) is 0 Å². The summed E-state index contributed by atoms with van der Waals surface area (Å²) in [7, 11) is 0. The lowest BCUT2D eigenvalue weighted by atomic mass is 9.68. The van der Waals surface area contributed by atoms with Crippen LogP contribution < -0.4 is 11.5 Å². The Hall–Kier alpha value is -2.36. The van der Waals surface area contributed by atoms with Crippen molar-refractivity contribution in [2.24, 2.45) is 29.2 Å². The summed E-state index contributed by atoms with van der Waals surface area (Å²) in [6.45, 7) is 2.45. The molecule has 0 amide bonds. The Morgan fingerprint density at radius 2 is 1.85 bits per heavy atom. The molecular formula is C30H37N3. The normalized spacial score (nSPS) is 39.7. The van der Waals surface area contributed by atoms with Gasteiger partial charge in [0, 0.05) is 29.6 Å². The fraction of sp³-hybridized carbons (Fsp3) is 0.467. The van der Waals surface area contributed by atoms with E-state index in [1.165, 1.54) is 17.7 Å². The molecule has 0 radical (unpaired) electrons. The zero-order valence-corrected chi connectivity index (χ0v) is 19.7. The third-order valence-corrected chi connectivity index (χ3v) is 8.98. The first-order valence-electron chi connectivity index (χ1n) is 12.9. The number of fused-ring (bicyclic) bond motifs is 4. The Kier molecular flexibility index (Phi) is 5.23. The second-order valence-corrected chi connectivity index (χ2v) is 10.8. The molecule has 0 aromatic rings. The molecule has 1 saturated heterocycles. The molecule has 33 heavy (non-hydrogen) atoms. The second kappa shape index (κ2) is 8.14. The molecule has 0 spiro atoms. The van der Waals surface area contributed by atoms with Crippen LogP contribution in [0, 0.1) is 17.8 Å². The molecule has 0 aromatic heterocycles. The summed E-state index contributed by atoms with van der Waals surface area (Å²) in [6, 6.07) is 0.500. The van der Waals surface area contributed by atoms with Gasteiger partial charge in [-0.25, -0.2) is 0 Å². The van der Waals surface area contributed by atoms with Gasteiger partial charge >= 0.3 is 0 Å². The molecule has 7 atom stereocenters. The molecule has 0 bridgehead atoms. The van der Waals surface area contributed by atoms with E-state index in [1.54, 1.807) is 11.1 Å². The van der Waals surface area contributed by atoms with Crippen molar-refractivity contribution in [1.29, 1.82) is 0 Å². The molecule has 0 saturated carbocycles. The molecule has 0 aromatic carbocycles. The van der Waals surface area contributed by atoms with Crippen LogP contribution in [0.4, 0.5) is 0 Å². The van der Waals surface area contributed by atoms with Crippen molar-refractivity contribution in [3.63, 3.8) is 0 Å². The monoisotopic (exact) mass is 439 g/mol. The quantitative estimate of drug-likeness (QED) is 0.592. The van der Waals surface area contributed by atoms with E-state index in [4.69, 9.17) is 11.5 Å². The fourth-order valence-corrected chi connectivity index (χ4v) is 7.32. The summed E-state index contributed by atoms with van der Waals surface area (Å²) in [4.78, 5) is 2.74. The predicted octanol–water partition coefficient (Wildman–Crippen LogP) is 5.23. The van der Waals surface area contributed by atoms with Gasteiger partial charge in [0.25, 0.3) is 0 Å². The highest BCUT2D eigenvalue weighted by Crippen LogP contribution is 2.55. The van der Waals surface area contributed by atoms with Gasteiger partial charge in [-0.05, 0) is 74.2 Å². The highest BCUT2D eigenvalue weighted by atomic mass is 15.3. The van der Waals surface area contributed by atoms with Crippen molar-refractivity contribution < 1.29 is 0 Å². The maximum atomic E-state index is 6.92. The van der Waals surface area contributed by atoms with Gasteiger partial charge in [0.2, 0.25) is 0 Å². The molecule has 7 unspecified atom stereocenters. The first kappa shape index (κ1) is 21.2. The minimum absolute atomic E-state index is 0.0245. The number of nitrogens with two attached hydrogens (primary N) is 2. The molecule has 3 nitrogen and oxygen atoms in total. The smallest absolute Gasteiger partial charge is 0.0635 e. The lowest BCUT2D eigenvalue weighted by Gasteiger charge is -2.44. The molecule has 1 heterocycles. The molecule has 6 aliphatic rings. The van der Waals surface area contributed by atoms with Gasteiger partial charge < -0.3 is 16.4 Å². The van der Waals surface area contributed by atoms with Crippen LogP contribution in [0.3, 0.4) is 0 Å². The average molecular weight is 440 g/mol. The number of rotatable bonds is 3. The van der Waals surface area contributed by atoms with Gasteiger partial charge in [-0.15, -0.1) is 0 Å². The number of hydrogen-bond acceptors (Lipinski definition) is 3. The highest BCUT2D eigenvalue weighted by molar-refractivity contribution is 5.51. The van der Waals surface area contributed by atoms with E-state index in [2.05, 4.69) is 84.7 Å². The molecule has 4 N–H and O–H groups in total. The number of allylic oxidation sites excluding steroid dienone is 9. The van der Waals surface area contributed by atoms with Crippen LogP contribution in [0.2, 0.25) is 0 Å². The Labute approximate surface area is 198 Å². The van der Waals surface area contributed by atoms with E-state index in [0.29, 0.717) is 23.8 Å². The lowest BCUT2D eigenvalue weighted by molar-refractivity contribution is 0.198. The predicted molar refractivity (Wildman–Crippen MR) is 137 cm³/mol. The summed E-state index contributed by atoms with van der Waals surface area (Å²) in [6.07, 6.45) is 34.8. The molecule has 1 aliphatic heterocycles. The summed E-state index contributed by atoms with van der Waals surface area (Å²) >= 11 is 0. The van der Waals surface area contributed by atoms with E-state index in [0.717, 1.165) is 32.1 Å². The van der Waals surface area contributed by atoms with Crippen LogP contribution in [0.5, 0.6) is 0 Å². The first-order chi connectivity index (χ1) is 16.1. The van der Waals surface area contributed by atoms with Crippen LogP contribution in [-0.2, 0) is 0 Å². The van der Waals surface area contributed by atoms with Gasteiger partial charge in [0.15, 0.2) is 0 Å². The largest absolute Gasteiger partial charge is 0.358 e. The topological polar surface area (TPSA) is 55.3 Å². The van der Waals surface area contributed by atoms with Crippen LogP contribution in [-0.4, -0.2) is 28.6 Å². The minimum atomic E-state index is -0.0965. The third-order valence-electron chi connectivity index (χ3n) is 8.98. The Morgan fingerprint density at radius 3 is 2.67 bits per heavy atom. The van der Waals surface area contributed by atoms with E-state index in [-0.39, 0.29) is 17.6 Å². The van der Waals surface area contributed by atoms with E-state index < -0.39 is 0 Å². The Morgan fingerprint density at radius 1 is 1.00 bits per heavy atom. The number of likely N-dealkylation sites (tertiary alicyclic amines) is 1. The zero-order valence-electron chi connectivity index (χ0n) is 19.7. The number of nitrogens with zero attached hydrogens (tertiary/aromatic N) is 1. The van der Waals surface area contributed by atoms with Crippen molar-refractivity contribution >= 4 is 0 Å². The van der Waals surface area contributed by atoms with Gasteiger partial charge in [-0.2, -0.15) is 0 Å². The SMILES string of the molecule is CC12C=C(C(N)C3CC=CCC3N)C=CC1C1C3=C(C=CC1N2C1=CC=CCC1)CCC=C3. The lowest BCUT2D eigenvalue weighted by Crippen LogP contribution is -2.49. The molecule has 6 rings (SSSR count). The van der Waals surface area contributed by atoms with Crippen molar-refractivity contribution in [1.82, 2.24) is 4.90 Å². The van der Waals surface area contributed by atoms with Crippen molar-refractivity contribution in [2.45, 2.75) is 69.1 Å². The molecule has 1 fully saturated rings. The van der Waals surface area contributed by atoms with Gasteiger partial charge in [-0.1, -0.05) is 66.8 Å². The fourth-order valence-electron chi connectivity index (χ4n) is 7.32. The Balaban J connectivity index is 1.43. The van der Waals surface area contributed by atoms with Crippen LogP contribution in [0.25, 0.3) is 0 Å². The van der Waals surface area contributed by atoms with Gasteiger partial charge in [0.1, 0.15) is 0 Å². The standard InChI is InChI=1S/C30H37N3/c1-30-19-21(29(32)24-13-7-8-14-26(24)31)15-17-25(30)28-23-12-6-5-9-20(23)16-18-27(28)33(30)22-10-3-2-4-11-22/h2-3,6-8,10,12,15-19,24-29H,4-5,9,11,13-14,31-32H2,1H3. The third kappa shape index (κ3) is 3.32. The van der Waals surface area contributed by atoms with E-state index in [1.807, 2.05) is 0 Å². The summed E-state index contributed by atoms with van der Waals surface area (Å²) in [5, 5.41) is 0. The van der Waals surface area contributed by atoms with Crippen LogP contribution in [0.15, 0.2) is 95.3 Å². The van der Waals surface area contributed by atoms with Crippen molar-refractivity contribution in [3.05, 3.63) is 95.3 Å². The Bertz CT molecular complexity index is 1060. The highest BCUT2D eigenvalue weighted by Gasteiger charge is 2.56. The average Bonchev–Trinajstić information content (AvgIpc) is 3.12. The van der Waals surface area contributed by atoms with Crippen LogP contribution >= 0.6 is 0 Å². The summed E-state index contributed by atoms with van der Waals surface area (Å²) in [5.41, 5.74) is 19.2. The zero-order chi connectivity index (χ0) is 22.6. The van der Waals surface area contributed by atoms with E-state index >= 15 is 0 Å². The molecule has 172 valence electrons. The molecule has 3 heteroatoms. The van der Waals surface area contributed by atoms with Gasteiger partial charge in [-0.3, -0.25) is 0 Å². The second-order valence-electron chi connectivity index (χ2n) is 10.8. The number of hydrogen-bond donors (Lipinski definition) is 2. The minimum Gasteiger partial charge on any atom is -0.358 e. The maximum absolute atomic E-state index is 6.92. The summed E-state index contributed by atoms with van der Waals surface area (Å²) < 4.78 is 0. The maximum Gasteiger partial charge on any atom is 0.0635 e. The first-order valence-corrected chi connectivity index (χ1v) is 12.9. The van der Waals surface area contributed by atoms with Gasteiger partial charge in [0.05, 0.1) is 11.6 Å². The van der Waals surface area contributed by atoms with Crippen molar-refractivity contribution in [3.8, 4) is 0 Å². The summed E-state index contributed by atoms with van der Waals surface area (Å²) in [5.74, 6) is 1.22.